The van der Waals surface area contributed by atoms with E-state index in [4.69, 9.17) is 17.3 Å². The number of likely N-dealkylation sites (tertiary alicyclic amines) is 1. The van der Waals surface area contributed by atoms with Gasteiger partial charge in [0.05, 0.1) is 6.10 Å². The lowest BCUT2D eigenvalue weighted by atomic mass is 9.87. The molecule has 2 amide bonds. The van der Waals surface area contributed by atoms with Crippen LogP contribution in [-0.4, -0.2) is 29.1 Å². The molecule has 5 nitrogen and oxygen atoms in total. The highest BCUT2D eigenvalue weighted by Crippen LogP contribution is 2.31. The highest BCUT2D eigenvalue weighted by atomic mass is 35.5. The van der Waals surface area contributed by atoms with E-state index in [1.165, 1.54) is 0 Å². The van der Waals surface area contributed by atoms with Crippen molar-refractivity contribution in [1.29, 1.82) is 0 Å². The normalized spacial score (nSPS) is 16.2. The minimum atomic E-state index is -0.525. The van der Waals surface area contributed by atoms with E-state index >= 15 is 0 Å². The maximum Gasteiger partial charge on any atom is 0.317 e. The molecule has 1 saturated heterocycles. The Bertz CT molecular complexity index is 766. The van der Waals surface area contributed by atoms with Crippen LogP contribution in [0.15, 0.2) is 42.5 Å². The van der Waals surface area contributed by atoms with Crippen molar-refractivity contribution in [2.24, 2.45) is 5.92 Å². The number of carbonyl (C=O) groups is 1. The van der Waals surface area contributed by atoms with Crippen LogP contribution >= 0.6 is 11.6 Å². The number of piperidine rings is 1. The first-order valence-electron chi connectivity index (χ1n) is 9.25. The fourth-order valence-corrected chi connectivity index (χ4v) is 3.76. The van der Waals surface area contributed by atoms with Crippen molar-refractivity contribution in [3.8, 4) is 0 Å². The first-order chi connectivity index (χ1) is 12.9. The Balaban J connectivity index is 1.49. The summed E-state index contributed by atoms with van der Waals surface area (Å²) in [5, 5.41) is 14.2. The van der Waals surface area contributed by atoms with Crippen molar-refractivity contribution < 1.29 is 9.90 Å². The van der Waals surface area contributed by atoms with Crippen molar-refractivity contribution in [2.45, 2.75) is 32.4 Å². The van der Waals surface area contributed by atoms with E-state index in [2.05, 4.69) is 5.32 Å². The number of nitrogens with one attached hydrogen (secondary N) is 1. The Labute approximate surface area is 165 Å². The number of carbonyl (C=O) groups excluding carboxylic acids is 1. The quantitative estimate of drug-likeness (QED) is 0.696. The summed E-state index contributed by atoms with van der Waals surface area (Å²) >= 11 is 5.91. The summed E-state index contributed by atoms with van der Waals surface area (Å²) in [6.45, 7) is 3.71. The smallest absolute Gasteiger partial charge is 0.317 e. The maximum atomic E-state index is 12.4. The second kappa shape index (κ2) is 8.63. The number of anilines is 1. The number of aryl methyl sites for hydroxylation is 1. The summed E-state index contributed by atoms with van der Waals surface area (Å²) in [5.41, 5.74) is 9.51. The molecule has 144 valence electrons. The number of aliphatic hydroxyl groups is 1. The third-order valence-corrected chi connectivity index (χ3v) is 5.34. The molecule has 1 heterocycles. The van der Waals surface area contributed by atoms with Crippen LogP contribution in [0.5, 0.6) is 0 Å². The predicted octanol–water partition coefficient (Wildman–Crippen LogP) is 3.89. The first kappa shape index (κ1) is 19.5. The largest absolute Gasteiger partial charge is 0.399 e. The number of nitrogens with two attached hydrogens (primary N) is 1. The van der Waals surface area contributed by atoms with Crippen molar-refractivity contribution >= 4 is 23.3 Å². The molecule has 0 aliphatic carbocycles. The number of benzene rings is 2. The molecule has 4 N–H and O–H groups in total. The number of aliphatic hydroxyl groups excluding tert-OH is 1. The molecule has 0 saturated carbocycles. The van der Waals surface area contributed by atoms with Crippen molar-refractivity contribution in [3.05, 3.63) is 64.2 Å². The highest BCUT2D eigenvalue weighted by Gasteiger charge is 2.28. The van der Waals surface area contributed by atoms with Crippen LogP contribution < -0.4 is 11.1 Å². The SMILES string of the molecule is Cc1cc(N)cc(CNC(=O)N2CCC(C(O)c3ccc(Cl)cc3)CC2)c1. The van der Waals surface area contributed by atoms with Crippen molar-refractivity contribution in [3.63, 3.8) is 0 Å². The van der Waals surface area contributed by atoms with E-state index in [9.17, 15) is 9.90 Å². The molecule has 0 aromatic heterocycles. The van der Waals surface area contributed by atoms with Crippen molar-refractivity contribution in [1.82, 2.24) is 10.2 Å². The minimum Gasteiger partial charge on any atom is -0.399 e. The predicted molar refractivity (Wildman–Crippen MR) is 109 cm³/mol. The number of nitrogens with zero attached hydrogens (tertiary/aromatic N) is 1. The van der Waals surface area contributed by atoms with E-state index in [1.807, 2.05) is 42.2 Å². The molecule has 1 aliphatic rings. The molecule has 3 rings (SSSR count). The third kappa shape index (κ3) is 5.15. The second-order valence-corrected chi connectivity index (χ2v) is 7.67. The Morgan fingerprint density at radius 2 is 1.93 bits per heavy atom. The molecule has 1 unspecified atom stereocenters. The molecule has 1 atom stereocenters. The van der Waals surface area contributed by atoms with Gasteiger partial charge in [-0.3, -0.25) is 0 Å². The number of rotatable bonds is 4. The summed E-state index contributed by atoms with van der Waals surface area (Å²) in [4.78, 5) is 14.2. The number of urea groups is 1. The number of hydrogen-bond acceptors (Lipinski definition) is 3. The van der Waals surface area contributed by atoms with Gasteiger partial charge in [-0.2, -0.15) is 0 Å². The van der Waals surface area contributed by atoms with E-state index < -0.39 is 6.10 Å². The first-order valence-corrected chi connectivity index (χ1v) is 9.62. The molecule has 0 radical (unpaired) electrons. The van der Waals surface area contributed by atoms with Crippen LogP contribution in [0.1, 0.15) is 35.6 Å². The summed E-state index contributed by atoms with van der Waals surface area (Å²) in [6, 6.07) is 13.0. The summed E-state index contributed by atoms with van der Waals surface area (Å²) < 4.78 is 0. The average Bonchev–Trinajstić information content (AvgIpc) is 2.65. The molecule has 27 heavy (non-hydrogen) atoms. The average molecular weight is 388 g/mol. The summed E-state index contributed by atoms with van der Waals surface area (Å²) in [6.07, 6.45) is 1.02. The van der Waals surface area contributed by atoms with Gasteiger partial charge in [-0.1, -0.05) is 29.8 Å². The molecular formula is C21H26ClN3O2. The Kier molecular flexibility index (Phi) is 6.24. The van der Waals surface area contributed by atoms with Crippen LogP contribution in [-0.2, 0) is 6.54 Å². The van der Waals surface area contributed by atoms with Gasteiger partial charge in [-0.15, -0.1) is 0 Å². The highest BCUT2D eigenvalue weighted by molar-refractivity contribution is 6.30. The van der Waals surface area contributed by atoms with Crippen LogP contribution in [0.4, 0.5) is 10.5 Å². The van der Waals surface area contributed by atoms with Crippen LogP contribution in [0.2, 0.25) is 5.02 Å². The molecule has 6 heteroatoms. The molecule has 0 bridgehead atoms. The third-order valence-electron chi connectivity index (χ3n) is 5.09. The zero-order valence-corrected chi connectivity index (χ0v) is 16.2. The van der Waals surface area contributed by atoms with E-state index in [-0.39, 0.29) is 11.9 Å². The zero-order valence-electron chi connectivity index (χ0n) is 15.5. The summed E-state index contributed by atoms with van der Waals surface area (Å²) in [5.74, 6) is 0.145. The summed E-state index contributed by atoms with van der Waals surface area (Å²) in [7, 11) is 0. The van der Waals surface area contributed by atoms with Gasteiger partial charge < -0.3 is 21.1 Å². The maximum absolute atomic E-state index is 12.4. The number of halogens is 1. The van der Waals surface area contributed by atoms with Gasteiger partial charge >= 0.3 is 6.03 Å². The van der Waals surface area contributed by atoms with Crippen LogP contribution in [0.25, 0.3) is 0 Å². The minimum absolute atomic E-state index is 0.0745. The fourth-order valence-electron chi connectivity index (χ4n) is 3.64. The van der Waals surface area contributed by atoms with Crippen LogP contribution in [0, 0.1) is 12.8 Å². The van der Waals surface area contributed by atoms with Gasteiger partial charge in [0, 0.05) is 30.3 Å². The van der Waals surface area contributed by atoms with E-state index in [0.29, 0.717) is 30.3 Å². The standard InChI is InChI=1S/C21H26ClN3O2/c1-14-10-15(12-19(23)11-14)13-24-21(27)25-8-6-17(7-9-25)20(26)16-2-4-18(22)5-3-16/h2-5,10-12,17,20,26H,6-9,13,23H2,1H3,(H,24,27). The number of hydrogen-bond donors (Lipinski definition) is 3. The second-order valence-electron chi connectivity index (χ2n) is 7.23. The van der Waals surface area contributed by atoms with Gasteiger partial charge in [0.1, 0.15) is 0 Å². The number of nitrogen functional groups attached to an aromatic ring is 1. The van der Waals surface area contributed by atoms with E-state index in [0.717, 1.165) is 29.5 Å². The zero-order chi connectivity index (χ0) is 19.4. The Morgan fingerprint density at radius 3 is 2.56 bits per heavy atom. The molecule has 0 spiro atoms. The topological polar surface area (TPSA) is 78.6 Å². The monoisotopic (exact) mass is 387 g/mol. The fraction of sp³-hybridized carbons (Fsp3) is 0.381. The van der Waals surface area contributed by atoms with Gasteiger partial charge in [0.2, 0.25) is 0 Å². The van der Waals surface area contributed by atoms with Gasteiger partial charge in [-0.25, -0.2) is 4.79 Å². The van der Waals surface area contributed by atoms with Crippen LogP contribution in [0.3, 0.4) is 0 Å². The lowest BCUT2D eigenvalue weighted by Crippen LogP contribution is -2.44. The lowest BCUT2D eigenvalue weighted by molar-refractivity contribution is 0.0665. The molecular weight excluding hydrogens is 362 g/mol. The van der Waals surface area contributed by atoms with Gasteiger partial charge in [0.25, 0.3) is 0 Å². The van der Waals surface area contributed by atoms with E-state index in [1.54, 1.807) is 12.1 Å². The molecule has 1 fully saturated rings. The Morgan fingerprint density at radius 1 is 1.26 bits per heavy atom. The lowest BCUT2D eigenvalue weighted by Gasteiger charge is -2.34. The van der Waals surface area contributed by atoms with Crippen molar-refractivity contribution in [2.75, 3.05) is 18.8 Å². The molecule has 2 aromatic rings. The van der Waals surface area contributed by atoms with Gasteiger partial charge in [0.15, 0.2) is 0 Å². The van der Waals surface area contributed by atoms with Gasteiger partial charge in [-0.05, 0) is 66.6 Å². The molecule has 2 aromatic carbocycles. The Hall–Kier alpha value is -2.24. The molecule has 1 aliphatic heterocycles. The number of amides is 2.